The number of nitrogens with one attached hydrogen (secondary N) is 2. The predicted octanol–water partition coefficient (Wildman–Crippen LogP) is 5.00. The second kappa shape index (κ2) is 13.7. The van der Waals surface area contributed by atoms with Gasteiger partial charge in [0.25, 0.3) is 0 Å². The minimum Gasteiger partial charge on any atom is -0.474 e. The number of carbonyl (C=O) groups is 2. The maximum Gasteiger partial charge on any atom is 0.246 e. The Morgan fingerprint density at radius 2 is 1.58 bits per heavy atom. The van der Waals surface area contributed by atoms with E-state index in [4.69, 9.17) is 4.74 Å². The Labute approximate surface area is 225 Å². The van der Waals surface area contributed by atoms with Crippen LogP contribution in [-0.2, 0) is 9.59 Å². The number of benzene rings is 2. The second-order valence-corrected chi connectivity index (χ2v) is 9.95. The first-order chi connectivity index (χ1) is 18.5. The molecule has 0 bridgehead atoms. The van der Waals surface area contributed by atoms with Gasteiger partial charge in [-0.2, -0.15) is 0 Å². The molecule has 2 amide bonds. The number of hydrogen-bond acceptors (Lipinski definition) is 5. The molecule has 0 radical (unpaired) electrons. The average molecular weight is 515 g/mol. The lowest BCUT2D eigenvalue weighted by Gasteiger charge is -2.28. The molecule has 4 rings (SSSR count). The molecule has 2 N–H and O–H groups in total. The number of aromatic nitrogens is 1. The van der Waals surface area contributed by atoms with Crippen LogP contribution in [0.25, 0.3) is 0 Å². The number of piperidine rings is 1. The summed E-state index contributed by atoms with van der Waals surface area (Å²) >= 11 is 0. The van der Waals surface area contributed by atoms with Gasteiger partial charge in [-0.05, 0) is 43.5 Å². The van der Waals surface area contributed by atoms with Gasteiger partial charge < -0.3 is 20.3 Å². The standard InChI is InChI=1S/C31H38N4O3/c1-3-4-15-27(34-31(37)29(23-11-7-5-8-12-23)24-13-9-6-10-14-24)30(36)33-25-16-17-28(32-22-25)38-26-18-20-35(2)21-19-26/h5-14,16-17,22,26-27,29H,3-4,15,18-21H2,1-2H3,(H,33,36)(H,34,37). The molecule has 7 heteroatoms. The normalized spacial score (nSPS) is 15.1. The van der Waals surface area contributed by atoms with Crippen molar-refractivity contribution >= 4 is 17.5 Å². The van der Waals surface area contributed by atoms with Crippen molar-refractivity contribution in [2.24, 2.45) is 0 Å². The largest absolute Gasteiger partial charge is 0.474 e. The maximum absolute atomic E-state index is 13.6. The van der Waals surface area contributed by atoms with Crippen LogP contribution in [0.15, 0.2) is 79.0 Å². The molecule has 0 aliphatic carbocycles. The second-order valence-electron chi connectivity index (χ2n) is 9.95. The predicted molar refractivity (Wildman–Crippen MR) is 150 cm³/mol. The highest BCUT2D eigenvalue weighted by Crippen LogP contribution is 2.25. The van der Waals surface area contributed by atoms with Gasteiger partial charge in [-0.15, -0.1) is 0 Å². The van der Waals surface area contributed by atoms with E-state index in [0.717, 1.165) is 49.9 Å². The van der Waals surface area contributed by atoms with Gasteiger partial charge in [0.1, 0.15) is 12.1 Å². The van der Waals surface area contributed by atoms with E-state index in [2.05, 4.69) is 34.5 Å². The number of unbranched alkanes of at least 4 members (excludes halogenated alkanes) is 1. The van der Waals surface area contributed by atoms with Gasteiger partial charge in [0.05, 0.1) is 17.8 Å². The molecule has 1 atom stereocenters. The number of carbonyl (C=O) groups excluding carboxylic acids is 2. The molecular formula is C31H38N4O3. The monoisotopic (exact) mass is 514 g/mol. The first-order valence-electron chi connectivity index (χ1n) is 13.6. The zero-order chi connectivity index (χ0) is 26.7. The fourth-order valence-electron chi connectivity index (χ4n) is 4.75. The van der Waals surface area contributed by atoms with Crippen molar-refractivity contribution in [2.45, 2.75) is 57.1 Å². The van der Waals surface area contributed by atoms with Crippen molar-refractivity contribution in [1.82, 2.24) is 15.2 Å². The van der Waals surface area contributed by atoms with Crippen LogP contribution in [0, 0.1) is 0 Å². The lowest BCUT2D eigenvalue weighted by Crippen LogP contribution is -2.45. The number of likely N-dealkylation sites (tertiary alicyclic amines) is 1. The highest BCUT2D eigenvalue weighted by Gasteiger charge is 2.28. The third-order valence-corrected chi connectivity index (χ3v) is 6.96. The van der Waals surface area contributed by atoms with Crippen molar-refractivity contribution in [2.75, 3.05) is 25.5 Å². The third kappa shape index (κ3) is 7.65. The summed E-state index contributed by atoms with van der Waals surface area (Å²) in [6.07, 6.45) is 6.01. The Kier molecular flexibility index (Phi) is 9.87. The van der Waals surface area contributed by atoms with E-state index in [1.54, 1.807) is 18.3 Å². The Balaban J connectivity index is 1.42. The first kappa shape index (κ1) is 27.3. The molecule has 1 aromatic heterocycles. The van der Waals surface area contributed by atoms with Crippen LogP contribution in [0.1, 0.15) is 56.1 Å². The van der Waals surface area contributed by atoms with E-state index < -0.39 is 12.0 Å². The summed E-state index contributed by atoms with van der Waals surface area (Å²) in [4.78, 5) is 33.6. The molecule has 1 aliphatic heterocycles. The summed E-state index contributed by atoms with van der Waals surface area (Å²) in [5.41, 5.74) is 2.34. The minimum absolute atomic E-state index is 0.162. The van der Waals surface area contributed by atoms with Crippen molar-refractivity contribution in [3.8, 4) is 5.88 Å². The highest BCUT2D eigenvalue weighted by molar-refractivity contribution is 5.98. The average Bonchev–Trinajstić information content (AvgIpc) is 2.94. The number of ether oxygens (including phenoxy) is 1. The summed E-state index contributed by atoms with van der Waals surface area (Å²) in [6.45, 7) is 4.10. The quantitative estimate of drug-likeness (QED) is 0.376. The molecule has 3 aromatic rings. The number of pyridine rings is 1. The minimum atomic E-state index is -0.660. The van der Waals surface area contributed by atoms with Crippen LogP contribution in [0.5, 0.6) is 5.88 Å². The van der Waals surface area contributed by atoms with Crippen LogP contribution < -0.4 is 15.4 Å². The van der Waals surface area contributed by atoms with Crippen molar-refractivity contribution in [3.05, 3.63) is 90.1 Å². The van der Waals surface area contributed by atoms with Gasteiger partial charge in [0.2, 0.25) is 17.7 Å². The molecule has 2 aromatic carbocycles. The Morgan fingerprint density at radius 3 is 2.13 bits per heavy atom. The lowest BCUT2D eigenvalue weighted by atomic mass is 9.90. The van der Waals surface area contributed by atoms with Gasteiger partial charge >= 0.3 is 0 Å². The molecular weight excluding hydrogens is 476 g/mol. The Bertz CT molecular complexity index is 1110. The van der Waals surface area contributed by atoms with Crippen LogP contribution in [0.4, 0.5) is 5.69 Å². The van der Waals surface area contributed by atoms with Crippen molar-refractivity contribution in [1.29, 1.82) is 0 Å². The van der Waals surface area contributed by atoms with Crippen molar-refractivity contribution < 1.29 is 14.3 Å². The molecule has 1 aliphatic rings. The van der Waals surface area contributed by atoms with E-state index in [1.165, 1.54) is 0 Å². The van der Waals surface area contributed by atoms with Gasteiger partial charge in [-0.3, -0.25) is 9.59 Å². The number of amides is 2. The Hall–Kier alpha value is -3.71. The van der Waals surface area contributed by atoms with E-state index in [1.807, 2.05) is 60.7 Å². The van der Waals surface area contributed by atoms with E-state index in [0.29, 0.717) is 18.0 Å². The molecule has 200 valence electrons. The number of hydrogen-bond donors (Lipinski definition) is 2. The molecule has 38 heavy (non-hydrogen) atoms. The third-order valence-electron chi connectivity index (χ3n) is 6.96. The zero-order valence-corrected chi connectivity index (χ0v) is 22.3. The van der Waals surface area contributed by atoms with Gasteiger partial charge in [-0.25, -0.2) is 4.98 Å². The van der Waals surface area contributed by atoms with Gasteiger partial charge in [-0.1, -0.05) is 80.4 Å². The molecule has 2 heterocycles. The number of anilines is 1. The molecule has 7 nitrogen and oxygen atoms in total. The van der Waals surface area contributed by atoms with Gasteiger partial charge in [0.15, 0.2) is 0 Å². The molecule has 0 spiro atoms. The van der Waals surface area contributed by atoms with Crippen molar-refractivity contribution in [3.63, 3.8) is 0 Å². The smallest absolute Gasteiger partial charge is 0.246 e. The molecule has 1 fully saturated rings. The van der Waals surface area contributed by atoms with Crippen LogP contribution >= 0.6 is 0 Å². The summed E-state index contributed by atoms with van der Waals surface area (Å²) < 4.78 is 6.02. The summed E-state index contributed by atoms with van der Waals surface area (Å²) in [5, 5.41) is 5.97. The first-order valence-corrected chi connectivity index (χ1v) is 13.6. The topological polar surface area (TPSA) is 83.6 Å². The van der Waals surface area contributed by atoms with Crippen LogP contribution in [0.2, 0.25) is 0 Å². The fourth-order valence-corrected chi connectivity index (χ4v) is 4.75. The number of rotatable bonds is 11. The van der Waals surface area contributed by atoms with E-state index in [-0.39, 0.29) is 17.9 Å². The SMILES string of the molecule is CCCCC(NC(=O)C(c1ccccc1)c1ccccc1)C(=O)Nc1ccc(OC2CCN(C)CC2)nc1. The van der Waals surface area contributed by atoms with Crippen LogP contribution in [0.3, 0.4) is 0 Å². The molecule has 0 saturated carbocycles. The highest BCUT2D eigenvalue weighted by atomic mass is 16.5. The van der Waals surface area contributed by atoms with Crippen LogP contribution in [-0.4, -0.2) is 54.0 Å². The zero-order valence-electron chi connectivity index (χ0n) is 22.3. The fraction of sp³-hybridized carbons (Fsp3) is 0.387. The lowest BCUT2D eigenvalue weighted by molar-refractivity contribution is -0.127. The van der Waals surface area contributed by atoms with E-state index >= 15 is 0 Å². The summed E-state index contributed by atoms with van der Waals surface area (Å²) in [5.74, 6) is -0.398. The van der Waals surface area contributed by atoms with Gasteiger partial charge in [0, 0.05) is 19.2 Å². The summed E-state index contributed by atoms with van der Waals surface area (Å²) in [6, 6.07) is 22.3. The van der Waals surface area contributed by atoms with E-state index in [9.17, 15) is 9.59 Å². The maximum atomic E-state index is 13.6. The summed E-state index contributed by atoms with van der Waals surface area (Å²) in [7, 11) is 2.12. The molecule has 1 unspecified atom stereocenters. The molecule has 1 saturated heterocycles. The number of nitrogens with zero attached hydrogens (tertiary/aromatic N) is 2. The Morgan fingerprint density at radius 1 is 0.947 bits per heavy atom.